The van der Waals surface area contributed by atoms with Crippen molar-refractivity contribution in [1.29, 1.82) is 0 Å². The van der Waals surface area contributed by atoms with Crippen LogP contribution in [0.25, 0.3) is 0 Å². The average molecular weight is 272 g/mol. The molecule has 2 aromatic carbocycles. The van der Waals surface area contributed by atoms with E-state index in [0.29, 0.717) is 5.56 Å². The van der Waals surface area contributed by atoms with Crippen molar-refractivity contribution in [2.45, 2.75) is 19.0 Å². The van der Waals surface area contributed by atoms with Crippen molar-refractivity contribution >= 4 is 5.91 Å². The van der Waals surface area contributed by atoms with Crippen molar-refractivity contribution in [2.75, 3.05) is 0 Å². The summed E-state index contributed by atoms with van der Waals surface area (Å²) in [5, 5.41) is 2.79. The van der Waals surface area contributed by atoms with Crippen LogP contribution in [-0.4, -0.2) is 5.91 Å². The predicted molar refractivity (Wildman–Crippen MR) is 76.3 cm³/mol. The molecule has 0 aliphatic carbocycles. The van der Waals surface area contributed by atoms with Gasteiger partial charge in [0.15, 0.2) is 0 Å². The zero-order valence-electron chi connectivity index (χ0n) is 11.2. The number of hydrogen-bond donors (Lipinski definition) is 2. The first-order chi connectivity index (χ1) is 9.58. The maximum atomic E-state index is 13.2. The van der Waals surface area contributed by atoms with Gasteiger partial charge in [0.2, 0.25) is 5.91 Å². The molecule has 2 rings (SSSR count). The van der Waals surface area contributed by atoms with Crippen LogP contribution in [-0.2, 0) is 4.79 Å². The van der Waals surface area contributed by atoms with Crippen molar-refractivity contribution in [2.24, 2.45) is 5.73 Å². The molecule has 0 fully saturated rings. The Morgan fingerprint density at radius 3 is 2.40 bits per heavy atom. The highest BCUT2D eigenvalue weighted by molar-refractivity contribution is 5.83. The molecule has 0 heterocycles. The summed E-state index contributed by atoms with van der Waals surface area (Å²) in [4.78, 5) is 12.1. The minimum absolute atomic E-state index is 0.284. The number of nitrogens with two attached hydrogens (primary N) is 1. The number of carbonyl (C=O) groups excluding carboxylic acids is 1. The van der Waals surface area contributed by atoms with Crippen molar-refractivity contribution in [3.63, 3.8) is 0 Å². The van der Waals surface area contributed by atoms with Gasteiger partial charge in [-0.05, 0) is 30.2 Å². The Bertz CT molecular complexity index is 586. The molecule has 0 radical (unpaired) electrons. The van der Waals surface area contributed by atoms with Gasteiger partial charge in [-0.15, -0.1) is 0 Å². The normalized spacial score (nSPS) is 13.6. The summed E-state index contributed by atoms with van der Waals surface area (Å²) in [5.41, 5.74) is 7.36. The van der Waals surface area contributed by atoms with E-state index < -0.39 is 6.04 Å². The topological polar surface area (TPSA) is 55.1 Å². The summed E-state index contributed by atoms with van der Waals surface area (Å²) in [7, 11) is 0. The van der Waals surface area contributed by atoms with Crippen molar-refractivity contribution in [3.05, 3.63) is 71.5 Å². The van der Waals surface area contributed by atoms with Crippen molar-refractivity contribution < 1.29 is 9.18 Å². The van der Waals surface area contributed by atoms with Gasteiger partial charge in [-0.1, -0.05) is 42.5 Å². The molecule has 4 heteroatoms. The number of halogens is 1. The first-order valence-corrected chi connectivity index (χ1v) is 6.44. The summed E-state index contributed by atoms with van der Waals surface area (Å²) in [6.45, 7) is 1.80. The number of rotatable bonds is 4. The Morgan fingerprint density at radius 2 is 1.75 bits per heavy atom. The van der Waals surface area contributed by atoms with Crippen LogP contribution in [0.15, 0.2) is 54.6 Å². The molecule has 0 bridgehead atoms. The van der Waals surface area contributed by atoms with Crippen LogP contribution in [0.1, 0.15) is 30.1 Å². The van der Waals surface area contributed by atoms with E-state index >= 15 is 0 Å². The summed E-state index contributed by atoms with van der Waals surface area (Å²) in [6.07, 6.45) is 0. The predicted octanol–water partition coefficient (Wildman–Crippen LogP) is 2.70. The third-order valence-corrected chi connectivity index (χ3v) is 3.15. The van der Waals surface area contributed by atoms with E-state index in [1.807, 2.05) is 18.2 Å². The maximum Gasteiger partial charge on any atom is 0.241 e. The van der Waals surface area contributed by atoms with Gasteiger partial charge in [-0.3, -0.25) is 4.79 Å². The largest absolute Gasteiger partial charge is 0.348 e. The first-order valence-electron chi connectivity index (χ1n) is 6.44. The van der Waals surface area contributed by atoms with Crippen LogP contribution in [0.3, 0.4) is 0 Å². The van der Waals surface area contributed by atoms with E-state index in [4.69, 9.17) is 5.73 Å². The minimum Gasteiger partial charge on any atom is -0.348 e. The van der Waals surface area contributed by atoms with Crippen LogP contribution >= 0.6 is 0 Å². The lowest BCUT2D eigenvalue weighted by Gasteiger charge is -2.18. The number of benzene rings is 2. The van der Waals surface area contributed by atoms with Gasteiger partial charge in [0.25, 0.3) is 0 Å². The van der Waals surface area contributed by atoms with Crippen LogP contribution < -0.4 is 11.1 Å². The van der Waals surface area contributed by atoms with Gasteiger partial charge in [0, 0.05) is 0 Å². The summed E-state index contributed by atoms with van der Waals surface area (Å²) < 4.78 is 13.2. The molecule has 0 aliphatic rings. The Morgan fingerprint density at radius 1 is 1.10 bits per heavy atom. The molecule has 0 aliphatic heterocycles. The van der Waals surface area contributed by atoms with Crippen molar-refractivity contribution in [1.82, 2.24) is 5.32 Å². The molecule has 0 aromatic heterocycles. The maximum absolute atomic E-state index is 13.2. The van der Waals surface area contributed by atoms with Gasteiger partial charge in [-0.2, -0.15) is 0 Å². The fourth-order valence-corrected chi connectivity index (χ4v) is 1.97. The van der Waals surface area contributed by atoms with Crippen LogP contribution in [0, 0.1) is 5.82 Å². The molecule has 0 spiro atoms. The number of hydrogen-bond acceptors (Lipinski definition) is 2. The van der Waals surface area contributed by atoms with E-state index in [0.717, 1.165) is 5.56 Å². The lowest BCUT2D eigenvalue weighted by molar-refractivity contribution is -0.123. The van der Waals surface area contributed by atoms with Crippen molar-refractivity contribution in [3.8, 4) is 0 Å². The Kier molecular flexibility index (Phi) is 4.48. The molecule has 1 amide bonds. The first kappa shape index (κ1) is 14.2. The number of carbonyl (C=O) groups is 1. The summed E-state index contributed by atoms with van der Waals surface area (Å²) in [6, 6.07) is 14.3. The molecule has 0 saturated heterocycles. The molecule has 2 atom stereocenters. The highest BCUT2D eigenvalue weighted by atomic mass is 19.1. The van der Waals surface area contributed by atoms with Gasteiger partial charge >= 0.3 is 0 Å². The Balaban J connectivity index is 2.04. The highest BCUT2D eigenvalue weighted by Crippen LogP contribution is 2.16. The van der Waals surface area contributed by atoms with Gasteiger partial charge in [-0.25, -0.2) is 4.39 Å². The monoisotopic (exact) mass is 272 g/mol. The molecular weight excluding hydrogens is 255 g/mol. The molecule has 3 N–H and O–H groups in total. The van der Waals surface area contributed by atoms with Crippen LogP contribution in [0.5, 0.6) is 0 Å². The SMILES string of the molecule is CC(NC(=O)[C@@H](N)c1ccccc1)c1cccc(F)c1. The Labute approximate surface area is 117 Å². The van der Waals surface area contributed by atoms with Gasteiger partial charge in [0.05, 0.1) is 6.04 Å². The number of amides is 1. The quantitative estimate of drug-likeness (QED) is 0.899. The molecular formula is C16H17FN2O. The average Bonchev–Trinajstić information content (AvgIpc) is 2.47. The Hall–Kier alpha value is -2.20. The van der Waals surface area contributed by atoms with E-state index in [2.05, 4.69) is 5.32 Å². The van der Waals surface area contributed by atoms with E-state index in [-0.39, 0.29) is 17.8 Å². The molecule has 104 valence electrons. The second-order valence-electron chi connectivity index (χ2n) is 4.67. The standard InChI is InChI=1S/C16H17FN2O/c1-11(13-8-5-9-14(17)10-13)19-16(20)15(18)12-6-3-2-4-7-12/h2-11,15H,18H2,1H3,(H,19,20)/t11?,15-/m0/s1. The second-order valence-corrected chi connectivity index (χ2v) is 4.67. The zero-order valence-corrected chi connectivity index (χ0v) is 11.2. The smallest absolute Gasteiger partial charge is 0.241 e. The van der Waals surface area contributed by atoms with Crippen LogP contribution in [0.4, 0.5) is 4.39 Å². The fraction of sp³-hybridized carbons (Fsp3) is 0.188. The zero-order chi connectivity index (χ0) is 14.5. The molecule has 1 unspecified atom stereocenters. The molecule has 2 aromatic rings. The van der Waals surface area contributed by atoms with Gasteiger partial charge < -0.3 is 11.1 Å². The van der Waals surface area contributed by atoms with E-state index in [9.17, 15) is 9.18 Å². The minimum atomic E-state index is -0.729. The molecule has 20 heavy (non-hydrogen) atoms. The molecule has 0 saturated carbocycles. The van der Waals surface area contributed by atoms with E-state index in [1.165, 1.54) is 12.1 Å². The molecule has 3 nitrogen and oxygen atoms in total. The lowest BCUT2D eigenvalue weighted by Crippen LogP contribution is -2.35. The second kappa shape index (κ2) is 6.30. The fourth-order valence-electron chi connectivity index (χ4n) is 1.97. The summed E-state index contributed by atoms with van der Waals surface area (Å²) >= 11 is 0. The summed E-state index contributed by atoms with van der Waals surface area (Å²) in [5.74, 6) is -0.607. The van der Waals surface area contributed by atoms with Gasteiger partial charge in [0.1, 0.15) is 11.9 Å². The third kappa shape index (κ3) is 3.42. The van der Waals surface area contributed by atoms with Crippen LogP contribution in [0.2, 0.25) is 0 Å². The highest BCUT2D eigenvalue weighted by Gasteiger charge is 2.18. The van der Waals surface area contributed by atoms with E-state index in [1.54, 1.807) is 31.2 Å². The third-order valence-electron chi connectivity index (χ3n) is 3.15. The number of nitrogens with one attached hydrogen (secondary N) is 1. The lowest BCUT2D eigenvalue weighted by atomic mass is 10.0.